The van der Waals surface area contributed by atoms with Crippen molar-refractivity contribution in [2.24, 2.45) is 0 Å². The molecule has 0 saturated heterocycles. The number of carbonyl (C=O) groups excluding carboxylic acids is 1. The van der Waals surface area contributed by atoms with E-state index in [1.54, 1.807) is 0 Å². The lowest BCUT2D eigenvalue weighted by Gasteiger charge is -2.36. The molecule has 0 aromatic heterocycles. The van der Waals surface area contributed by atoms with Gasteiger partial charge in [-0.25, -0.2) is 18.4 Å². The lowest BCUT2D eigenvalue weighted by atomic mass is 9.80. The zero-order valence-electron chi connectivity index (χ0n) is 15.7. The van der Waals surface area contributed by atoms with Crippen LogP contribution in [-0.4, -0.2) is 35.2 Å². The first-order valence-corrected chi connectivity index (χ1v) is 9.56. The number of alkyl halides is 2. The summed E-state index contributed by atoms with van der Waals surface area (Å²) in [6.07, 6.45) is -2.73. The van der Waals surface area contributed by atoms with Gasteiger partial charge in [0, 0.05) is 18.8 Å². The molecule has 0 unspecified atom stereocenters. The highest BCUT2D eigenvalue weighted by Crippen LogP contribution is 2.44. The first kappa shape index (κ1) is 19.4. The molecule has 1 amide bonds. The average molecular weight is 401 g/mol. The largest absolute Gasteiger partial charge is 0.480 e. The molecule has 0 atom stereocenters. The molecular weight excluding hydrogens is 380 g/mol. The summed E-state index contributed by atoms with van der Waals surface area (Å²) in [7, 11) is 0. The Kier molecular flexibility index (Phi) is 4.76. The van der Waals surface area contributed by atoms with E-state index in [-0.39, 0.29) is 25.4 Å². The average Bonchev–Trinajstić information content (AvgIpc) is 3.02. The van der Waals surface area contributed by atoms with Crippen LogP contribution in [0.3, 0.4) is 0 Å². The summed E-state index contributed by atoms with van der Waals surface area (Å²) >= 11 is 0. The third-order valence-corrected chi connectivity index (χ3v) is 5.93. The number of ether oxygens (including phenoxy) is 1. The van der Waals surface area contributed by atoms with Gasteiger partial charge in [-0.1, -0.05) is 48.5 Å². The maximum atomic E-state index is 13.4. The SMILES string of the molecule is O=C(NC1(C(=O)O)CCC(F)(F)CC1)OCC1c2ccccc2-c2ccccc21. The number of hydrogen-bond acceptors (Lipinski definition) is 3. The fourth-order valence-electron chi connectivity index (χ4n) is 4.26. The third kappa shape index (κ3) is 3.57. The lowest BCUT2D eigenvalue weighted by molar-refractivity contribution is -0.150. The number of nitrogens with one attached hydrogen (secondary N) is 1. The van der Waals surface area contributed by atoms with E-state index in [9.17, 15) is 23.5 Å². The Morgan fingerprint density at radius 3 is 2.00 bits per heavy atom. The minimum atomic E-state index is -2.90. The summed E-state index contributed by atoms with van der Waals surface area (Å²) in [6, 6.07) is 15.7. The number of aliphatic carboxylic acids is 1. The Morgan fingerprint density at radius 1 is 0.966 bits per heavy atom. The van der Waals surface area contributed by atoms with Gasteiger partial charge in [0.2, 0.25) is 5.92 Å². The normalized spacial score (nSPS) is 19.1. The van der Waals surface area contributed by atoms with Crippen LogP contribution in [0.1, 0.15) is 42.7 Å². The number of carbonyl (C=O) groups is 2. The Morgan fingerprint density at radius 2 is 1.48 bits per heavy atom. The molecule has 7 heteroatoms. The molecule has 29 heavy (non-hydrogen) atoms. The maximum absolute atomic E-state index is 13.4. The number of halogens is 2. The van der Waals surface area contributed by atoms with Gasteiger partial charge in [0.25, 0.3) is 0 Å². The van der Waals surface area contributed by atoms with E-state index >= 15 is 0 Å². The number of carboxylic acid groups (broad SMARTS) is 1. The molecule has 0 aliphatic heterocycles. The standard InChI is InChI=1S/C22H21F2NO4/c23-22(24)11-9-21(10-12-22,19(26)27)25-20(28)29-13-18-16-7-3-1-5-14(16)15-6-2-4-8-17(15)18/h1-8,18H,9-13H2,(H,25,28)(H,26,27). The van der Waals surface area contributed by atoms with E-state index in [4.69, 9.17) is 4.74 Å². The summed E-state index contributed by atoms with van der Waals surface area (Å²) < 4.78 is 32.3. The van der Waals surface area contributed by atoms with Crippen LogP contribution in [0, 0.1) is 0 Å². The van der Waals surface area contributed by atoms with Crippen molar-refractivity contribution in [3.8, 4) is 11.1 Å². The topological polar surface area (TPSA) is 75.6 Å². The number of alkyl carbamates (subject to hydrolysis) is 1. The summed E-state index contributed by atoms with van der Waals surface area (Å²) in [6.45, 7) is 0.0335. The van der Waals surface area contributed by atoms with Gasteiger partial charge in [0.1, 0.15) is 12.1 Å². The van der Waals surface area contributed by atoms with Crippen molar-refractivity contribution < 1.29 is 28.2 Å². The smallest absolute Gasteiger partial charge is 0.408 e. The predicted octanol–water partition coefficient (Wildman–Crippen LogP) is 4.56. The molecule has 2 N–H and O–H groups in total. The first-order valence-electron chi connectivity index (χ1n) is 9.56. The van der Waals surface area contributed by atoms with Gasteiger partial charge in [-0.05, 0) is 35.1 Å². The van der Waals surface area contributed by atoms with Gasteiger partial charge >= 0.3 is 12.1 Å². The van der Waals surface area contributed by atoms with Gasteiger partial charge in [0.15, 0.2) is 0 Å². The molecule has 2 aromatic rings. The highest BCUT2D eigenvalue weighted by Gasteiger charge is 2.49. The van der Waals surface area contributed by atoms with E-state index in [0.717, 1.165) is 22.3 Å². The molecule has 2 aliphatic rings. The molecule has 0 bridgehead atoms. The Balaban J connectivity index is 1.47. The zero-order chi connectivity index (χ0) is 20.6. The monoisotopic (exact) mass is 401 g/mol. The second-order valence-corrected chi connectivity index (χ2v) is 7.69. The fourth-order valence-corrected chi connectivity index (χ4v) is 4.26. The van der Waals surface area contributed by atoms with Gasteiger partial charge in [-0.15, -0.1) is 0 Å². The molecule has 1 saturated carbocycles. The van der Waals surface area contributed by atoms with Crippen LogP contribution in [0.5, 0.6) is 0 Å². The number of carboxylic acids is 1. The van der Waals surface area contributed by atoms with Crippen LogP contribution >= 0.6 is 0 Å². The first-order chi connectivity index (χ1) is 13.8. The predicted molar refractivity (Wildman–Crippen MR) is 102 cm³/mol. The molecule has 1 fully saturated rings. The second-order valence-electron chi connectivity index (χ2n) is 7.69. The molecule has 5 nitrogen and oxygen atoms in total. The van der Waals surface area contributed by atoms with Crippen LogP contribution in [0.25, 0.3) is 11.1 Å². The van der Waals surface area contributed by atoms with Gasteiger partial charge < -0.3 is 15.2 Å². The van der Waals surface area contributed by atoms with Crippen LogP contribution in [-0.2, 0) is 9.53 Å². The zero-order valence-corrected chi connectivity index (χ0v) is 15.7. The van der Waals surface area contributed by atoms with E-state index in [1.807, 2.05) is 48.5 Å². The summed E-state index contributed by atoms with van der Waals surface area (Å²) in [5.41, 5.74) is 2.50. The van der Waals surface area contributed by atoms with Crippen LogP contribution < -0.4 is 5.32 Å². The molecule has 0 heterocycles. The van der Waals surface area contributed by atoms with Crippen molar-refractivity contribution in [3.05, 3.63) is 59.7 Å². The van der Waals surface area contributed by atoms with Gasteiger partial charge in [-0.3, -0.25) is 0 Å². The van der Waals surface area contributed by atoms with Crippen molar-refractivity contribution in [1.82, 2.24) is 5.32 Å². The van der Waals surface area contributed by atoms with Crippen LogP contribution in [0.15, 0.2) is 48.5 Å². The molecule has 4 rings (SSSR count). The van der Waals surface area contributed by atoms with Crippen molar-refractivity contribution in [3.63, 3.8) is 0 Å². The summed E-state index contributed by atoms with van der Waals surface area (Å²) in [5.74, 6) is -4.38. The molecule has 2 aromatic carbocycles. The van der Waals surface area contributed by atoms with E-state index in [0.29, 0.717) is 0 Å². The van der Waals surface area contributed by atoms with E-state index in [2.05, 4.69) is 5.32 Å². The summed E-state index contributed by atoms with van der Waals surface area (Å²) in [5, 5.41) is 11.9. The minimum Gasteiger partial charge on any atom is -0.480 e. The highest BCUT2D eigenvalue weighted by molar-refractivity contribution is 5.84. The minimum absolute atomic E-state index is 0.0335. The van der Waals surface area contributed by atoms with E-state index in [1.165, 1.54) is 0 Å². The highest BCUT2D eigenvalue weighted by atomic mass is 19.3. The summed E-state index contributed by atoms with van der Waals surface area (Å²) in [4.78, 5) is 24.1. The number of hydrogen-bond donors (Lipinski definition) is 2. The van der Waals surface area contributed by atoms with Crippen molar-refractivity contribution in [1.29, 1.82) is 0 Å². The Labute approximate surface area is 166 Å². The molecule has 2 aliphatic carbocycles. The fraction of sp³-hybridized carbons (Fsp3) is 0.364. The Hall–Kier alpha value is -2.96. The third-order valence-electron chi connectivity index (χ3n) is 5.93. The number of fused-ring (bicyclic) bond motifs is 3. The number of rotatable bonds is 4. The number of benzene rings is 2. The molecule has 0 spiro atoms. The second kappa shape index (κ2) is 7.13. The van der Waals surface area contributed by atoms with Crippen molar-refractivity contribution >= 4 is 12.1 Å². The quantitative estimate of drug-likeness (QED) is 0.788. The maximum Gasteiger partial charge on any atom is 0.408 e. The van der Waals surface area contributed by atoms with Gasteiger partial charge in [-0.2, -0.15) is 0 Å². The van der Waals surface area contributed by atoms with Crippen LogP contribution in [0.4, 0.5) is 13.6 Å². The molecule has 152 valence electrons. The Bertz CT molecular complexity index is 904. The van der Waals surface area contributed by atoms with Crippen molar-refractivity contribution in [2.45, 2.75) is 43.1 Å². The van der Waals surface area contributed by atoms with Crippen molar-refractivity contribution in [2.75, 3.05) is 6.61 Å². The molecule has 0 radical (unpaired) electrons. The number of amides is 1. The van der Waals surface area contributed by atoms with Crippen LogP contribution in [0.2, 0.25) is 0 Å². The lowest BCUT2D eigenvalue weighted by Crippen LogP contribution is -2.57. The molecular formula is C22H21F2NO4. The van der Waals surface area contributed by atoms with Gasteiger partial charge in [0.05, 0.1) is 0 Å². The van der Waals surface area contributed by atoms with E-state index < -0.39 is 36.4 Å².